The predicted octanol–water partition coefficient (Wildman–Crippen LogP) is 4.47. The van der Waals surface area contributed by atoms with Crippen LogP contribution in [0.5, 0.6) is 0 Å². The van der Waals surface area contributed by atoms with Crippen molar-refractivity contribution in [3.8, 4) is 0 Å². The van der Waals surface area contributed by atoms with Gasteiger partial charge < -0.3 is 4.74 Å². The summed E-state index contributed by atoms with van der Waals surface area (Å²) in [6.07, 6.45) is 13.2. The van der Waals surface area contributed by atoms with Crippen LogP contribution in [0, 0.1) is 5.92 Å². The van der Waals surface area contributed by atoms with E-state index in [0.717, 1.165) is 25.2 Å². The molecule has 2 nitrogen and oxygen atoms in total. The van der Waals surface area contributed by atoms with Crippen LogP contribution in [0.25, 0.3) is 0 Å². The Hall–Kier alpha value is -0.530. The van der Waals surface area contributed by atoms with Crippen LogP contribution >= 0.6 is 0 Å². The minimum atomic E-state index is 0.00305. The monoisotopic (exact) mass is 240 g/mol. The van der Waals surface area contributed by atoms with Crippen molar-refractivity contribution in [3.63, 3.8) is 0 Å². The molecular weight excluding hydrogens is 212 g/mol. The Morgan fingerprint density at radius 3 is 2.53 bits per heavy atom. The normalized spacial score (nSPS) is 14.9. The molecule has 0 aliphatic heterocycles. The summed E-state index contributed by atoms with van der Waals surface area (Å²) in [7, 11) is 0. The molecule has 0 aromatic heterocycles. The molecule has 0 amide bonds. The van der Waals surface area contributed by atoms with E-state index < -0.39 is 0 Å². The summed E-state index contributed by atoms with van der Waals surface area (Å²) in [5.41, 5.74) is 0. The van der Waals surface area contributed by atoms with Gasteiger partial charge >= 0.3 is 5.97 Å². The zero-order valence-corrected chi connectivity index (χ0v) is 11.4. The highest BCUT2D eigenvalue weighted by molar-refractivity contribution is 5.69. The molecule has 1 fully saturated rings. The van der Waals surface area contributed by atoms with Crippen molar-refractivity contribution in [1.29, 1.82) is 0 Å². The third kappa shape index (κ3) is 9.20. The summed E-state index contributed by atoms with van der Waals surface area (Å²) in [5, 5.41) is 0. The summed E-state index contributed by atoms with van der Waals surface area (Å²) in [4.78, 5) is 11.3. The lowest BCUT2D eigenvalue weighted by molar-refractivity contribution is -0.143. The Bertz CT molecular complexity index is 197. The zero-order valence-electron chi connectivity index (χ0n) is 11.4. The molecule has 0 atom stereocenters. The van der Waals surface area contributed by atoms with Crippen molar-refractivity contribution in [2.75, 3.05) is 6.61 Å². The van der Waals surface area contributed by atoms with Crippen molar-refractivity contribution in [3.05, 3.63) is 0 Å². The Morgan fingerprint density at radius 1 is 1.06 bits per heavy atom. The first-order chi connectivity index (χ1) is 8.33. The number of ether oxygens (including phenoxy) is 1. The summed E-state index contributed by atoms with van der Waals surface area (Å²) >= 11 is 0. The van der Waals surface area contributed by atoms with Crippen molar-refractivity contribution >= 4 is 5.97 Å². The van der Waals surface area contributed by atoms with E-state index in [1.165, 1.54) is 44.9 Å². The molecule has 0 bridgehead atoms. The molecule has 0 heterocycles. The smallest absolute Gasteiger partial charge is 0.305 e. The summed E-state index contributed by atoms with van der Waals surface area (Å²) in [5.74, 6) is 1.06. The van der Waals surface area contributed by atoms with Crippen LogP contribution in [-0.4, -0.2) is 12.6 Å². The van der Waals surface area contributed by atoms with Gasteiger partial charge in [0.15, 0.2) is 0 Å². The molecule has 0 aromatic rings. The lowest BCUT2D eigenvalue weighted by Crippen LogP contribution is -2.05. The van der Waals surface area contributed by atoms with E-state index >= 15 is 0 Å². The third-order valence-electron chi connectivity index (χ3n) is 3.45. The number of hydrogen-bond acceptors (Lipinski definition) is 2. The molecule has 1 aliphatic carbocycles. The number of carbonyl (C=O) groups excluding carboxylic acids is 1. The molecule has 0 radical (unpaired) electrons. The summed E-state index contributed by atoms with van der Waals surface area (Å²) < 4.78 is 5.16. The maximum atomic E-state index is 11.3. The predicted molar refractivity (Wildman–Crippen MR) is 70.9 cm³/mol. The van der Waals surface area contributed by atoms with Crippen molar-refractivity contribution in [2.24, 2.45) is 5.92 Å². The molecule has 17 heavy (non-hydrogen) atoms. The van der Waals surface area contributed by atoms with Gasteiger partial charge in [-0.25, -0.2) is 0 Å². The Balaban J connectivity index is 1.75. The van der Waals surface area contributed by atoms with E-state index in [0.29, 0.717) is 13.0 Å². The van der Waals surface area contributed by atoms with Crippen LogP contribution in [-0.2, 0) is 9.53 Å². The maximum absolute atomic E-state index is 11.3. The van der Waals surface area contributed by atoms with Gasteiger partial charge in [0.1, 0.15) is 0 Å². The van der Waals surface area contributed by atoms with E-state index in [1.807, 2.05) is 0 Å². The Morgan fingerprint density at radius 2 is 1.82 bits per heavy atom. The van der Waals surface area contributed by atoms with Crippen molar-refractivity contribution < 1.29 is 9.53 Å². The number of carbonyl (C=O) groups is 1. The Kier molecular flexibility index (Phi) is 8.12. The van der Waals surface area contributed by atoms with E-state index in [4.69, 9.17) is 4.74 Å². The second-order valence-corrected chi connectivity index (χ2v) is 5.32. The fourth-order valence-corrected chi connectivity index (χ4v) is 2.07. The molecule has 0 aromatic carbocycles. The highest BCUT2D eigenvalue weighted by Gasteiger charge is 2.19. The maximum Gasteiger partial charge on any atom is 0.305 e. The molecular formula is C15H28O2. The van der Waals surface area contributed by atoms with Crippen LogP contribution in [0.3, 0.4) is 0 Å². The fourth-order valence-electron chi connectivity index (χ4n) is 2.07. The van der Waals surface area contributed by atoms with Crippen LogP contribution in [0.15, 0.2) is 0 Å². The first kappa shape index (κ1) is 14.5. The van der Waals surface area contributed by atoms with E-state index in [2.05, 4.69) is 6.92 Å². The highest BCUT2D eigenvalue weighted by Crippen LogP contribution is 2.34. The average molecular weight is 240 g/mol. The topological polar surface area (TPSA) is 26.3 Å². The van der Waals surface area contributed by atoms with Crippen LogP contribution in [0.2, 0.25) is 0 Å². The van der Waals surface area contributed by atoms with Gasteiger partial charge in [0.25, 0.3) is 0 Å². The second-order valence-electron chi connectivity index (χ2n) is 5.32. The quantitative estimate of drug-likeness (QED) is 0.393. The fraction of sp³-hybridized carbons (Fsp3) is 0.933. The molecule has 0 unspecified atom stereocenters. The van der Waals surface area contributed by atoms with Gasteiger partial charge in [-0.15, -0.1) is 0 Å². The molecule has 1 aliphatic rings. The van der Waals surface area contributed by atoms with Gasteiger partial charge in [-0.05, 0) is 18.8 Å². The lowest BCUT2D eigenvalue weighted by atomic mass is 10.1. The minimum Gasteiger partial charge on any atom is -0.466 e. The molecule has 2 heteroatoms. The number of rotatable bonds is 11. The van der Waals surface area contributed by atoms with Gasteiger partial charge in [-0.2, -0.15) is 0 Å². The van der Waals surface area contributed by atoms with Crippen LogP contribution < -0.4 is 0 Å². The SMILES string of the molecule is CCCCCOC(=O)CCCCCCC1CC1. The average Bonchev–Trinajstić information content (AvgIpc) is 3.13. The summed E-state index contributed by atoms with van der Waals surface area (Å²) in [6, 6.07) is 0. The first-order valence-corrected chi connectivity index (χ1v) is 7.48. The molecule has 0 saturated heterocycles. The van der Waals surface area contributed by atoms with Gasteiger partial charge in [-0.3, -0.25) is 4.79 Å². The van der Waals surface area contributed by atoms with E-state index in [-0.39, 0.29) is 5.97 Å². The van der Waals surface area contributed by atoms with Crippen molar-refractivity contribution in [1.82, 2.24) is 0 Å². The third-order valence-corrected chi connectivity index (χ3v) is 3.45. The number of esters is 1. The minimum absolute atomic E-state index is 0.00305. The number of unbranched alkanes of at least 4 members (excludes halogenated alkanes) is 5. The van der Waals surface area contributed by atoms with Crippen LogP contribution in [0.4, 0.5) is 0 Å². The van der Waals surface area contributed by atoms with E-state index in [1.54, 1.807) is 0 Å². The summed E-state index contributed by atoms with van der Waals surface area (Å²) in [6.45, 7) is 2.78. The molecule has 1 rings (SSSR count). The standard InChI is InChI=1S/C15H28O2/c1-2-3-8-13-17-15(16)10-7-5-4-6-9-14-11-12-14/h14H,2-13H2,1H3. The van der Waals surface area contributed by atoms with Gasteiger partial charge in [0, 0.05) is 6.42 Å². The largest absolute Gasteiger partial charge is 0.466 e. The van der Waals surface area contributed by atoms with Crippen molar-refractivity contribution in [2.45, 2.75) is 77.6 Å². The molecule has 100 valence electrons. The number of hydrogen-bond donors (Lipinski definition) is 0. The molecule has 0 spiro atoms. The van der Waals surface area contributed by atoms with Gasteiger partial charge in [0.2, 0.25) is 0 Å². The van der Waals surface area contributed by atoms with Gasteiger partial charge in [-0.1, -0.05) is 58.3 Å². The highest BCUT2D eigenvalue weighted by atomic mass is 16.5. The Labute approximate surface area is 106 Å². The van der Waals surface area contributed by atoms with Gasteiger partial charge in [0.05, 0.1) is 6.61 Å². The lowest BCUT2D eigenvalue weighted by Gasteiger charge is -2.04. The second kappa shape index (κ2) is 9.49. The van der Waals surface area contributed by atoms with Crippen LogP contribution in [0.1, 0.15) is 77.6 Å². The molecule has 0 N–H and O–H groups in total. The van der Waals surface area contributed by atoms with E-state index in [9.17, 15) is 4.79 Å². The first-order valence-electron chi connectivity index (χ1n) is 7.48. The molecule has 1 saturated carbocycles. The zero-order chi connectivity index (χ0) is 12.3.